The van der Waals surface area contributed by atoms with Gasteiger partial charge >= 0.3 is 0 Å². The summed E-state index contributed by atoms with van der Waals surface area (Å²) in [5, 5.41) is 9.58. The van der Waals surface area contributed by atoms with E-state index in [1.165, 1.54) is 0 Å². The van der Waals surface area contributed by atoms with Crippen LogP contribution in [0.5, 0.6) is 17.4 Å². The molecular formula is C20H21N3O4. The van der Waals surface area contributed by atoms with Gasteiger partial charge in [0.05, 0.1) is 19.2 Å². The van der Waals surface area contributed by atoms with Gasteiger partial charge in [-0.05, 0) is 62.4 Å². The van der Waals surface area contributed by atoms with E-state index in [0.717, 1.165) is 17.2 Å². The van der Waals surface area contributed by atoms with Crippen molar-refractivity contribution >= 4 is 5.84 Å². The van der Waals surface area contributed by atoms with Crippen molar-refractivity contribution in [3.8, 4) is 17.4 Å². The van der Waals surface area contributed by atoms with Crippen molar-refractivity contribution in [2.75, 3.05) is 7.11 Å². The number of amidine groups is 1. The van der Waals surface area contributed by atoms with Crippen LogP contribution in [0.4, 0.5) is 0 Å². The van der Waals surface area contributed by atoms with Crippen molar-refractivity contribution in [3.63, 3.8) is 0 Å². The maximum atomic E-state index is 9.58. The van der Waals surface area contributed by atoms with Crippen molar-refractivity contribution in [2.45, 2.75) is 20.4 Å². The molecule has 27 heavy (non-hydrogen) atoms. The number of benzene rings is 1. The zero-order chi connectivity index (χ0) is 19.2. The Morgan fingerprint density at radius 1 is 1.07 bits per heavy atom. The molecule has 2 N–H and O–H groups in total. The van der Waals surface area contributed by atoms with Crippen molar-refractivity contribution in [3.05, 3.63) is 71.3 Å². The number of hydrogen-bond donors (Lipinski definition) is 2. The molecule has 0 aliphatic carbocycles. The predicted molar refractivity (Wildman–Crippen MR) is 101 cm³/mol. The third kappa shape index (κ3) is 4.65. The molecule has 0 saturated carbocycles. The first-order valence-electron chi connectivity index (χ1n) is 8.39. The Balaban J connectivity index is 1.88. The van der Waals surface area contributed by atoms with Gasteiger partial charge in [0.1, 0.15) is 23.0 Å². The van der Waals surface area contributed by atoms with Crippen LogP contribution in [-0.2, 0) is 6.54 Å². The van der Waals surface area contributed by atoms with Crippen LogP contribution in [0.25, 0.3) is 0 Å². The Hall–Kier alpha value is -3.32. The Kier molecular flexibility index (Phi) is 5.73. The molecule has 7 nitrogen and oxygen atoms in total. The maximum Gasteiger partial charge on any atom is 0.230 e. The van der Waals surface area contributed by atoms with Crippen LogP contribution in [0, 0.1) is 13.8 Å². The van der Waals surface area contributed by atoms with Gasteiger partial charge in [-0.2, -0.15) is 0 Å². The van der Waals surface area contributed by atoms with E-state index < -0.39 is 0 Å². The number of aryl methyl sites for hydroxylation is 2. The standard InChI is InChI=1S/C20H21N3O4/c1-13-4-11-18(19(23-24)21-12-17-6-5-14(2)26-17)20(22-13)27-16-9-7-15(25-3)8-10-16/h4-11,24H,12H2,1-3H3,(H,21,23). The van der Waals surface area contributed by atoms with Gasteiger partial charge in [0.25, 0.3) is 0 Å². The Morgan fingerprint density at radius 3 is 2.44 bits per heavy atom. The lowest BCUT2D eigenvalue weighted by atomic mass is 10.2. The topological polar surface area (TPSA) is 89.1 Å². The highest BCUT2D eigenvalue weighted by Crippen LogP contribution is 2.26. The number of aliphatic imine (C=N–C) groups is 1. The largest absolute Gasteiger partial charge is 0.497 e. The molecule has 140 valence electrons. The summed E-state index contributed by atoms with van der Waals surface area (Å²) < 4.78 is 16.6. The van der Waals surface area contributed by atoms with Gasteiger partial charge in [-0.3, -0.25) is 15.7 Å². The molecule has 0 radical (unpaired) electrons. The lowest BCUT2D eigenvalue weighted by molar-refractivity contribution is 0.234. The van der Waals surface area contributed by atoms with Gasteiger partial charge in [-0.15, -0.1) is 0 Å². The van der Waals surface area contributed by atoms with E-state index in [-0.39, 0.29) is 12.4 Å². The summed E-state index contributed by atoms with van der Waals surface area (Å²) in [6.07, 6.45) is 0. The molecule has 0 atom stereocenters. The second kappa shape index (κ2) is 8.37. The van der Waals surface area contributed by atoms with Crippen molar-refractivity contribution in [2.24, 2.45) is 4.99 Å². The highest BCUT2D eigenvalue weighted by molar-refractivity contribution is 6.00. The number of nitrogens with one attached hydrogen (secondary N) is 1. The van der Waals surface area contributed by atoms with Gasteiger partial charge in [0.15, 0.2) is 5.84 Å². The molecule has 1 aromatic carbocycles. The minimum Gasteiger partial charge on any atom is -0.497 e. The number of ether oxygens (including phenoxy) is 2. The number of furan rings is 1. The quantitative estimate of drug-likeness (QED) is 0.389. The number of aromatic nitrogens is 1. The SMILES string of the molecule is COc1ccc(Oc2nc(C)ccc2C(=NCc2ccc(C)o2)NO)cc1. The smallest absolute Gasteiger partial charge is 0.230 e. The molecule has 2 heterocycles. The number of hydroxylamine groups is 1. The molecule has 0 bridgehead atoms. The van der Waals surface area contributed by atoms with Gasteiger partial charge in [-0.1, -0.05) is 0 Å². The molecular weight excluding hydrogens is 346 g/mol. The minimum atomic E-state index is 0.236. The van der Waals surface area contributed by atoms with Gasteiger partial charge < -0.3 is 13.9 Å². The average molecular weight is 367 g/mol. The summed E-state index contributed by atoms with van der Waals surface area (Å²) in [7, 11) is 1.60. The summed E-state index contributed by atoms with van der Waals surface area (Å²) in [6, 6.07) is 14.5. The molecule has 0 unspecified atom stereocenters. The van der Waals surface area contributed by atoms with E-state index in [1.807, 2.05) is 32.0 Å². The van der Waals surface area contributed by atoms with E-state index in [4.69, 9.17) is 13.9 Å². The zero-order valence-electron chi connectivity index (χ0n) is 15.4. The Labute approximate surface area is 157 Å². The van der Waals surface area contributed by atoms with E-state index in [1.54, 1.807) is 37.4 Å². The van der Waals surface area contributed by atoms with Gasteiger partial charge in [0.2, 0.25) is 5.88 Å². The van der Waals surface area contributed by atoms with Crippen LogP contribution in [0.2, 0.25) is 0 Å². The summed E-state index contributed by atoms with van der Waals surface area (Å²) in [4.78, 5) is 8.81. The summed E-state index contributed by atoms with van der Waals surface area (Å²) in [6.45, 7) is 4.00. The van der Waals surface area contributed by atoms with E-state index in [2.05, 4.69) is 15.5 Å². The first-order valence-corrected chi connectivity index (χ1v) is 8.39. The number of pyridine rings is 1. The number of methoxy groups -OCH3 is 1. The molecule has 0 fully saturated rings. The van der Waals surface area contributed by atoms with Crippen LogP contribution in [-0.4, -0.2) is 23.1 Å². The van der Waals surface area contributed by atoms with Crippen LogP contribution in [0.1, 0.15) is 22.8 Å². The highest BCUT2D eigenvalue weighted by Gasteiger charge is 2.14. The molecule has 3 aromatic rings. The molecule has 7 heteroatoms. The van der Waals surface area contributed by atoms with E-state index >= 15 is 0 Å². The van der Waals surface area contributed by atoms with Crippen molar-refractivity contribution < 1.29 is 19.1 Å². The first kappa shape index (κ1) is 18.5. The van der Waals surface area contributed by atoms with E-state index in [0.29, 0.717) is 23.0 Å². The molecule has 0 aliphatic rings. The Bertz CT molecular complexity index is 933. The summed E-state index contributed by atoms with van der Waals surface area (Å²) >= 11 is 0. The number of nitrogens with zero attached hydrogens (tertiary/aromatic N) is 2. The van der Waals surface area contributed by atoms with Gasteiger partial charge in [-0.25, -0.2) is 4.98 Å². The van der Waals surface area contributed by atoms with Crippen LogP contribution in [0.15, 0.2) is 57.9 Å². The molecule has 0 spiro atoms. The summed E-state index contributed by atoms with van der Waals surface area (Å²) in [5.41, 5.74) is 3.44. The predicted octanol–water partition coefficient (Wildman–Crippen LogP) is 4.02. The second-order valence-corrected chi connectivity index (χ2v) is 5.87. The number of hydrogen-bond acceptors (Lipinski definition) is 6. The van der Waals surface area contributed by atoms with Gasteiger partial charge in [0, 0.05) is 5.69 Å². The van der Waals surface area contributed by atoms with Crippen molar-refractivity contribution in [1.82, 2.24) is 10.5 Å². The maximum absolute atomic E-state index is 9.58. The summed E-state index contributed by atoms with van der Waals surface area (Å²) in [5.74, 6) is 3.38. The molecule has 0 aliphatic heterocycles. The first-order chi connectivity index (χ1) is 13.1. The minimum absolute atomic E-state index is 0.236. The Morgan fingerprint density at radius 2 is 1.81 bits per heavy atom. The lowest BCUT2D eigenvalue weighted by Gasteiger charge is -2.12. The van der Waals surface area contributed by atoms with E-state index in [9.17, 15) is 5.21 Å². The molecule has 2 aromatic heterocycles. The fourth-order valence-electron chi connectivity index (χ4n) is 2.45. The highest BCUT2D eigenvalue weighted by atomic mass is 16.5. The monoisotopic (exact) mass is 367 g/mol. The second-order valence-electron chi connectivity index (χ2n) is 5.87. The van der Waals surface area contributed by atoms with Crippen LogP contribution < -0.4 is 15.0 Å². The van der Waals surface area contributed by atoms with Crippen molar-refractivity contribution in [1.29, 1.82) is 0 Å². The lowest BCUT2D eigenvalue weighted by Crippen LogP contribution is -2.21. The normalized spacial score (nSPS) is 11.3. The van der Waals surface area contributed by atoms with Crippen LogP contribution in [0.3, 0.4) is 0 Å². The fourth-order valence-corrected chi connectivity index (χ4v) is 2.45. The third-order valence-electron chi connectivity index (χ3n) is 3.82. The molecule has 0 saturated heterocycles. The van der Waals surface area contributed by atoms with Crippen LogP contribution >= 0.6 is 0 Å². The molecule has 3 rings (SSSR count). The third-order valence-corrected chi connectivity index (χ3v) is 3.82. The number of rotatable bonds is 6. The average Bonchev–Trinajstić information content (AvgIpc) is 3.09. The zero-order valence-corrected chi connectivity index (χ0v) is 15.4. The molecule has 0 amide bonds. The fraction of sp³-hybridized carbons (Fsp3) is 0.200.